The average molecular weight is 570 g/mol. The third kappa shape index (κ3) is 8.13. The van der Waals surface area contributed by atoms with Gasteiger partial charge in [0.2, 0.25) is 0 Å². The number of alkyl halides is 1. The van der Waals surface area contributed by atoms with Gasteiger partial charge < -0.3 is 29.4 Å². The number of aliphatic hydroxyl groups excluding tert-OH is 1. The zero-order chi connectivity index (χ0) is 27.9. The SMILES string of the molecule is CC(C)OC(=O)C(C)NP(=O)(OCC(OCn1ccc2c(N)ncnc21)C(O)C(C)Cl)Oc1ccccc1. The van der Waals surface area contributed by atoms with Crippen molar-refractivity contribution >= 4 is 42.2 Å². The molecular formula is C24H33ClN5O7P. The second kappa shape index (κ2) is 13.4. The number of carbonyl (C=O) groups is 1. The first-order chi connectivity index (χ1) is 18.0. The minimum Gasteiger partial charge on any atom is -0.462 e. The maximum Gasteiger partial charge on any atom is 0.459 e. The molecule has 14 heteroatoms. The molecular weight excluding hydrogens is 537 g/mol. The van der Waals surface area contributed by atoms with E-state index in [1.54, 1.807) is 67.9 Å². The molecule has 0 aliphatic rings. The Bertz CT molecular complexity index is 1240. The molecule has 38 heavy (non-hydrogen) atoms. The second-order valence-corrected chi connectivity index (χ2v) is 11.2. The Kier molecular flexibility index (Phi) is 10.5. The minimum atomic E-state index is -4.18. The fourth-order valence-electron chi connectivity index (χ4n) is 3.35. The summed E-state index contributed by atoms with van der Waals surface area (Å²) >= 11 is 6.15. The molecule has 3 rings (SSSR count). The zero-order valence-electron chi connectivity index (χ0n) is 21.6. The van der Waals surface area contributed by atoms with Gasteiger partial charge in [-0.15, -0.1) is 11.6 Å². The third-order valence-corrected chi connectivity index (χ3v) is 7.20. The molecule has 0 aliphatic heterocycles. The van der Waals surface area contributed by atoms with Crippen LogP contribution >= 0.6 is 19.3 Å². The van der Waals surface area contributed by atoms with Crippen molar-refractivity contribution in [3.05, 3.63) is 48.9 Å². The quantitative estimate of drug-likeness (QED) is 0.148. The predicted octanol–water partition coefficient (Wildman–Crippen LogP) is 3.48. The van der Waals surface area contributed by atoms with E-state index in [-0.39, 0.29) is 18.6 Å². The van der Waals surface area contributed by atoms with E-state index >= 15 is 0 Å². The van der Waals surface area contributed by atoms with Crippen molar-refractivity contribution in [2.45, 2.75) is 64.2 Å². The smallest absolute Gasteiger partial charge is 0.459 e. The summed E-state index contributed by atoms with van der Waals surface area (Å²) in [4.78, 5) is 20.5. The van der Waals surface area contributed by atoms with Crippen LogP contribution < -0.4 is 15.3 Å². The first kappa shape index (κ1) is 29.8. The molecule has 0 bridgehead atoms. The molecule has 2 aromatic heterocycles. The minimum absolute atomic E-state index is 0.0525. The maximum atomic E-state index is 13.8. The van der Waals surface area contributed by atoms with Gasteiger partial charge in [-0.2, -0.15) is 5.09 Å². The van der Waals surface area contributed by atoms with Crippen LogP contribution in [0.3, 0.4) is 0 Å². The van der Waals surface area contributed by atoms with E-state index in [0.717, 1.165) is 0 Å². The number of nitrogens with zero attached hydrogens (tertiary/aromatic N) is 3. The van der Waals surface area contributed by atoms with Crippen molar-refractivity contribution in [2.75, 3.05) is 12.3 Å². The van der Waals surface area contributed by atoms with Crippen LogP contribution in [0.4, 0.5) is 5.82 Å². The van der Waals surface area contributed by atoms with Crippen LogP contribution in [-0.4, -0.2) is 61.9 Å². The first-order valence-corrected chi connectivity index (χ1v) is 13.9. The molecule has 0 fully saturated rings. The standard InChI is InChI=1S/C24H33ClN5O7P/c1-15(2)36-24(32)17(4)29-38(33,37-18-8-6-5-7-9-18)35-12-20(21(31)16(3)25)34-14-30-11-10-19-22(26)27-13-28-23(19)30/h5-11,13,15-17,20-21,31H,12,14H2,1-4H3,(H,29,33)(H2,26,27,28). The van der Waals surface area contributed by atoms with Gasteiger partial charge in [0, 0.05) is 6.20 Å². The van der Waals surface area contributed by atoms with Crippen LogP contribution in [0.2, 0.25) is 0 Å². The first-order valence-electron chi connectivity index (χ1n) is 12.0. The molecule has 5 atom stereocenters. The molecule has 0 aliphatic carbocycles. The van der Waals surface area contributed by atoms with Crippen LogP contribution in [0.1, 0.15) is 27.7 Å². The number of carbonyl (C=O) groups excluding carboxylic acids is 1. The number of nitrogens with two attached hydrogens (primary N) is 1. The fraction of sp³-hybridized carbons (Fsp3) is 0.458. The Balaban J connectivity index is 1.77. The average Bonchev–Trinajstić information content (AvgIpc) is 3.28. The molecule has 208 valence electrons. The van der Waals surface area contributed by atoms with Gasteiger partial charge in [-0.3, -0.25) is 9.32 Å². The largest absolute Gasteiger partial charge is 0.462 e. The number of nitrogen functional groups attached to an aromatic ring is 1. The van der Waals surface area contributed by atoms with Gasteiger partial charge >= 0.3 is 13.7 Å². The molecule has 2 heterocycles. The zero-order valence-corrected chi connectivity index (χ0v) is 23.2. The number of hydrogen-bond donors (Lipinski definition) is 3. The number of ether oxygens (including phenoxy) is 2. The van der Waals surface area contributed by atoms with Crippen molar-refractivity contribution in [3.8, 4) is 5.75 Å². The molecule has 0 radical (unpaired) electrons. The summed E-state index contributed by atoms with van der Waals surface area (Å²) in [5, 5.41) is 13.2. The van der Waals surface area contributed by atoms with Gasteiger partial charge in [-0.25, -0.2) is 14.5 Å². The van der Waals surface area contributed by atoms with Crippen LogP contribution in [0.25, 0.3) is 11.0 Å². The summed E-state index contributed by atoms with van der Waals surface area (Å²) in [5.41, 5.74) is 6.42. The third-order valence-electron chi connectivity index (χ3n) is 5.30. The maximum absolute atomic E-state index is 13.8. The summed E-state index contributed by atoms with van der Waals surface area (Å²) in [5.74, 6) is -0.0748. The van der Waals surface area contributed by atoms with Crippen molar-refractivity contribution in [3.63, 3.8) is 0 Å². The molecule has 3 aromatic rings. The number of fused-ring (bicyclic) bond motifs is 1. The van der Waals surface area contributed by atoms with E-state index in [0.29, 0.717) is 16.9 Å². The lowest BCUT2D eigenvalue weighted by molar-refractivity contribution is -0.149. The Morgan fingerprint density at radius 1 is 1.18 bits per heavy atom. The number of esters is 1. The molecule has 0 saturated carbocycles. The summed E-state index contributed by atoms with van der Waals surface area (Å²) in [6.07, 6.45) is 0.430. The van der Waals surface area contributed by atoms with E-state index in [4.69, 9.17) is 35.9 Å². The van der Waals surface area contributed by atoms with Crippen LogP contribution in [-0.2, 0) is 30.1 Å². The summed E-state index contributed by atoms with van der Waals surface area (Å²) in [6.45, 7) is 6.02. The molecule has 4 N–H and O–H groups in total. The Morgan fingerprint density at radius 3 is 2.55 bits per heavy atom. The summed E-state index contributed by atoms with van der Waals surface area (Å²) in [7, 11) is -4.18. The van der Waals surface area contributed by atoms with E-state index in [1.807, 2.05) is 0 Å². The Hall–Kier alpha value is -2.73. The number of hydrogen-bond acceptors (Lipinski definition) is 10. The number of aliphatic hydroxyl groups is 1. The molecule has 12 nitrogen and oxygen atoms in total. The van der Waals surface area contributed by atoms with Crippen LogP contribution in [0.15, 0.2) is 48.9 Å². The topological polar surface area (TPSA) is 160 Å². The van der Waals surface area contributed by atoms with E-state index in [2.05, 4.69) is 15.1 Å². The number of para-hydroxylation sites is 1. The highest BCUT2D eigenvalue weighted by Gasteiger charge is 2.35. The van der Waals surface area contributed by atoms with Gasteiger partial charge in [0.25, 0.3) is 0 Å². The molecule has 0 spiro atoms. The molecule has 1 aromatic carbocycles. The van der Waals surface area contributed by atoms with Gasteiger partial charge in [0.15, 0.2) is 0 Å². The van der Waals surface area contributed by atoms with Gasteiger partial charge in [0.1, 0.15) is 42.4 Å². The van der Waals surface area contributed by atoms with Crippen molar-refractivity contribution in [1.82, 2.24) is 19.6 Å². The van der Waals surface area contributed by atoms with E-state index < -0.39 is 43.9 Å². The number of rotatable bonds is 14. The number of benzene rings is 1. The molecule has 0 saturated heterocycles. The summed E-state index contributed by atoms with van der Waals surface area (Å²) < 4.78 is 37.9. The van der Waals surface area contributed by atoms with Gasteiger partial charge in [0.05, 0.1) is 29.6 Å². The predicted molar refractivity (Wildman–Crippen MR) is 143 cm³/mol. The number of halogens is 1. The van der Waals surface area contributed by atoms with Gasteiger partial charge in [-0.05, 0) is 45.9 Å². The number of nitrogens with one attached hydrogen (secondary N) is 1. The highest BCUT2D eigenvalue weighted by Crippen LogP contribution is 2.45. The lowest BCUT2D eigenvalue weighted by Gasteiger charge is -2.28. The lowest BCUT2D eigenvalue weighted by Crippen LogP contribution is -2.40. The van der Waals surface area contributed by atoms with E-state index in [1.165, 1.54) is 13.3 Å². The van der Waals surface area contributed by atoms with Crippen molar-refractivity contribution in [1.29, 1.82) is 0 Å². The molecule has 0 amide bonds. The van der Waals surface area contributed by atoms with Crippen LogP contribution in [0, 0.1) is 0 Å². The Morgan fingerprint density at radius 2 is 1.89 bits per heavy atom. The lowest BCUT2D eigenvalue weighted by atomic mass is 10.1. The number of aromatic nitrogens is 3. The normalized spacial score (nSPS) is 16.5. The Labute approximate surface area is 226 Å². The van der Waals surface area contributed by atoms with E-state index in [9.17, 15) is 14.5 Å². The van der Waals surface area contributed by atoms with Crippen molar-refractivity contribution in [2.24, 2.45) is 0 Å². The van der Waals surface area contributed by atoms with Gasteiger partial charge in [-0.1, -0.05) is 18.2 Å². The summed E-state index contributed by atoms with van der Waals surface area (Å²) in [6, 6.07) is 9.03. The fourth-order valence-corrected chi connectivity index (χ4v) is 5.01. The molecule has 5 unspecified atom stereocenters. The highest BCUT2D eigenvalue weighted by molar-refractivity contribution is 7.52. The monoisotopic (exact) mass is 569 g/mol. The number of anilines is 1. The second-order valence-electron chi connectivity index (χ2n) is 8.82. The van der Waals surface area contributed by atoms with Crippen molar-refractivity contribution < 1.29 is 33.0 Å². The van der Waals surface area contributed by atoms with Crippen LogP contribution in [0.5, 0.6) is 5.75 Å². The highest BCUT2D eigenvalue weighted by atomic mass is 35.5.